The van der Waals surface area contributed by atoms with Crippen molar-refractivity contribution < 1.29 is 14.3 Å². The van der Waals surface area contributed by atoms with Crippen molar-refractivity contribution in [2.45, 2.75) is 13.5 Å². The van der Waals surface area contributed by atoms with E-state index in [1.54, 1.807) is 6.92 Å². The third kappa shape index (κ3) is 4.56. The number of carbonyl (C=O) groups is 2. The maximum Gasteiger partial charge on any atom is 0.350 e. The monoisotopic (exact) mass is 516 g/mol. The van der Waals surface area contributed by atoms with E-state index < -0.39 is 11.9 Å². The molecule has 8 nitrogen and oxygen atoms in total. The van der Waals surface area contributed by atoms with Crippen LogP contribution in [0.15, 0.2) is 71.6 Å². The largest absolute Gasteiger partial charge is 0.457 e. The number of benzene rings is 2. The van der Waals surface area contributed by atoms with Crippen LogP contribution in [-0.2, 0) is 16.1 Å². The van der Waals surface area contributed by atoms with Crippen molar-refractivity contribution in [3.63, 3.8) is 0 Å². The highest BCUT2D eigenvalue weighted by Gasteiger charge is 2.19. The average molecular weight is 517 g/mol. The quantitative estimate of drug-likeness (QED) is 0.241. The standard InChI is InChI=1S/C26H20N4O4S2/c1-3-10-34-25(33)22-15(2)28-26(36-22)29-20(31)12-30-14-27-23-21(24(30)32)19(13-35-23)18-9-8-16-6-4-5-7-17(16)11-18/h3-9,11,13-14H,1,10,12H2,2H3,(H,28,29,31). The van der Waals surface area contributed by atoms with Gasteiger partial charge in [0.25, 0.3) is 5.56 Å². The van der Waals surface area contributed by atoms with Crippen LogP contribution < -0.4 is 10.9 Å². The number of hydrogen-bond donors (Lipinski definition) is 1. The van der Waals surface area contributed by atoms with E-state index in [9.17, 15) is 14.4 Å². The van der Waals surface area contributed by atoms with Crippen LogP contribution in [0, 0.1) is 6.92 Å². The van der Waals surface area contributed by atoms with Crippen molar-refractivity contribution in [3.8, 4) is 11.1 Å². The Morgan fingerprint density at radius 2 is 2.00 bits per heavy atom. The van der Waals surface area contributed by atoms with Crippen LogP contribution in [0.25, 0.3) is 32.1 Å². The molecule has 0 fully saturated rings. The number of nitrogens with one attached hydrogen (secondary N) is 1. The van der Waals surface area contributed by atoms with Crippen LogP contribution in [0.1, 0.15) is 15.4 Å². The summed E-state index contributed by atoms with van der Waals surface area (Å²) < 4.78 is 6.31. The Labute approximate surface area is 213 Å². The van der Waals surface area contributed by atoms with Crippen LogP contribution in [0.4, 0.5) is 5.13 Å². The van der Waals surface area contributed by atoms with Gasteiger partial charge in [0.15, 0.2) is 5.13 Å². The van der Waals surface area contributed by atoms with Crippen molar-refractivity contribution in [2.24, 2.45) is 0 Å². The molecule has 0 spiro atoms. The van der Waals surface area contributed by atoms with Gasteiger partial charge in [-0.05, 0) is 29.3 Å². The fraction of sp³-hybridized carbons (Fsp3) is 0.115. The van der Waals surface area contributed by atoms with Crippen LogP contribution in [-0.4, -0.2) is 33.0 Å². The number of esters is 1. The minimum atomic E-state index is -0.532. The molecule has 2 aromatic carbocycles. The van der Waals surface area contributed by atoms with Gasteiger partial charge in [-0.2, -0.15) is 0 Å². The first-order valence-corrected chi connectivity index (χ1v) is 12.7. The second-order valence-corrected chi connectivity index (χ2v) is 9.80. The molecule has 5 aromatic rings. The van der Waals surface area contributed by atoms with Crippen LogP contribution >= 0.6 is 22.7 Å². The predicted octanol–water partition coefficient (Wildman–Crippen LogP) is 5.02. The highest BCUT2D eigenvalue weighted by Crippen LogP contribution is 2.32. The summed E-state index contributed by atoms with van der Waals surface area (Å²) in [6.07, 6.45) is 2.84. The lowest BCUT2D eigenvalue weighted by atomic mass is 10.0. The number of thiazole rings is 1. The van der Waals surface area contributed by atoms with E-state index in [-0.39, 0.29) is 23.8 Å². The topological polar surface area (TPSA) is 103 Å². The SMILES string of the molecule is C=CCOC(=O)c1sc(NC(=O)Cn2cnc3scc(-c4ccc5ccccc5c4)c3c2=O)nc1C. The zero-order valence-electron chi connectivity index (χ0n) is 19.2. The zero-order chi connectivity index (χ0) is 25.2. The minimum absolute atomic E-state index is 0.0834. The number of thiophene rings is 1. The first kappa shape index (κ1) is 23.6. The molecule has 0 aliphatic rings. The number of aryl methyl sites for hydroxylation is 1. The van der Waals surface area contributed by atoms with E-state index in [4.69, 9.17) is 4.74 Å². The van der Waals surface area contributed by atoms with Crippen LogP contribution in [0.3, 0.4) is 0 Å². The van der Waals surface area contributed by atoms with E-state index >= 15 is 0 Å². The number of fused-ring (bicyclic) bond motifs is 2. The summed E-state index contributed by atoms with van der Waals surface area (Å²) in [6.45, 7) is 5.01. The highest BCUT2D eigenvalue weighted by molar-refractivity contribution is 7.17. The summed E-state index contributed by atoms with van der Waals surface area (Å²) in [6, 6.07) is 14.1. The lowest BCUT2D eigenvalue weighted by molar-refractivity contribution is -0.116. The number of anilines is 1. The molecular formula is C26H20N4O4S2. The summed E-state index contributed by atoms with van der Waals surface area (Å²) in [5, 5.41) is 7.48. The number of rotatable bonds is 7. The molecule has 0 radical (unpaired) electrons. The molecule has 36 heavy (non-hydrogen) atoms. The number of ether oxygens (including phenoxy) is 1. The maximum atomic E-state index is 13.4. The van der Waals surface area contributed by atoms with Crippen LogP contribution in [0.5, 0.6) is 0 Å². The lowest BCUT2D eigenvalue weighted by Crippen LogP contribution is -2.27. The Bertz CT molecular complexity index is 1700. The van der Waals surface area contributed by atoms with Gasteiger partial charge in [-0.15, -0.1) is 11.3 Å². The highest BCUT2D eigenvalue weighted by atomic mass is 32.1. The Hall–Kier alpha value is -4.15. The number of nitrogens with zero attached hydrogens (tertiary/aromatic N) is 3. The fourth-order valence-electron chi connectivity index (χ4n) is 3.80. The van der Waals surface area contributed by atoms with Gasteiger partial charge >= 0.3 is 5.97 Å². The fourth-order valence-corrected chi connectivity index (χ4v) is 5.59. The predicted molar refractivity (Wildman–Crippen MR) is 143 cm³/mol. The number of amides is 1. The minimum Gasteiger partial charge on any atom is -0.457 e. The van der Waals surface area contributed by atoms with Gasteiger partial charge in [-0.3, -0.25) is 14.2 Å². The Morgan fingerprint density at radius 1 is 1.19 bits per heavy atom. The number of carbonyl (C=O) groups excluding carboxylic acids is 2. The summed E-state index contributed by atoms with van der Waals surface area (Å²) in [4.78, 5) is 47.7. The molecule has 3 aromatic heterocycles. The average Bonchev–Trinajstić information content (AvgIpc) is 3.47. The first-order chi connectivity index (χ1) is 17.4. The van der Waals surface area contributed by atoms with Gasteiger partial charge in [-0.25, -0.2) is 14.8 Å². The molecule has 5 rings (SSSR count). The summed E-state index contributed by atoms with van der Waals surface area (Å²) in [5.74, 6) is -0.990. The first-order valence-electron chi connectivity index (χ1n) is 11.0. The molecule has 0 saturated carbocycles. The molecule has 0 saturated heterocycles. The van der Waals surface area contributed by atoms with E-state index in [0.29, 0.717) is 20.8 Å². The second kappa shape index (κ2) is 9.84. The molecule has 0 aliphatic carbocycles. The summed E-state index contributed by atoms with van der Waals surface area (Å²) in [5.41, 5.74) is 1.84. The maximum absolute atomic E-state index is 13.4. The van der Waals surface area contributed by atoms with Gasteiger partial charge in [-0.1, -0.05) is 60.4 Å². The Balaban J connectivity index is 1.40. The number of hydrogen-bond acceptors (Lipinski definition) is 8. The molecule has 0 bridgehead atoms. The van der Waals surface area contributed by atoms with Crippen molar-refractivity contribution in [1.29, 1.82) is 0 Å². The molecule has 1 amide bonds. The van der Waals surface area contributed by atoms with Gasteiger partial charge in [0.1, 0.15) is 22.9 Å². The van der Waals surface area contributed by atoms with E-state index in [1.165, 1.54) is 28.3 Å². The third-order valence-electron chi connectivity index (χ3n) is 5.50. The molecule has 1 N–H and O–H groups in total. The van der Waals surface area contributed by atoms with E-state index in [2.05, 4.69) is 21.9 Å². The van der Waals surface area contributed by atoms with Crippen LogP contribution in [0.2, 0.25) is 0 Å². The van der Waals surface area contributed by atoms with E-state index in [1.807, 2.05) is 47.8 Å². The van der Waals surface area contributed by atoms with Crippen molar-refractivity contribution in [3.05, 3.63) is 87.8 Å². The van der Waals surface area contributed by atoms with Crippen molar-refractivity contribution >= 4 is 60.7 Å². The normalized spacial score (nSPS) is 11.0. The smallest absolute Gasteiger partial charge is 0.350 e. The summed E-state index contributed by atoms with van der Waals surface area (Å²) in [7, 11) is 0. The molecule has 10 heteroatoms. The van der Waals surface area contributed by atoms with Gasteiger partial charge in [0.2, 0.25) is 5.91 Å². The molecule has 180 valence electrons. The van der Waals surface area contributed by atoms with Gasteiger partial charge < -0.3 is 10.1 Å². The second-order valence-electron chi connectivity index (χ2n) is 7.94. The molecular weight excluding hydrogens is 496 g/mol. The van der Waals surface area contributed by atoms with Crippen molar-refractivity contribution in [1.82, 2.24) is 14.5 Å². The molecule has 0 aliphatic heterocycles. The Morgan fingerprint density at radius 3 is 2.81 bits per heavy atom. The van der Waals surface area contributed by atoms with E-state index in [0.717, 1.165) is 33.2 Å². The molecule has 3 heterocycles. The summed E-state index contributed by atoms with van der Waals surface area (Å²) >= 11 is 2.40. The zero-order valence-corrected chi connectivity index (χ0v) is 20.8. The number of aromatic nitrogens is 3. The Kier molecular flexibility index (Phi) is 6.45. The third-order valence-corrected chi connectivity index (χ3v) is 7.43. The van der Waals surface area contributed by atoms with Crippen molar-refractivity contribution in [2.75, 3.05) is 11.9 Å². The molecule has 0 atom stereocenters. The molecule has 0 unspecified atom stereocenters. The van der Waals surface area contributed by atoms with Gasteiger partial charge in [0, 0.05) is 10.9 Å². The lowest BCUT2D eigenvalue weighted by Gasteiger charge is -2.07. The van der Waals surface area contributed by atoms with Gasteiger partial charge in [0.05, 0.1) is 17.4 Å².